The number of methoxy groups -OCH3 is 1. The molecule has 8 heteroatoms. The van der Waals surface area contributed by atoms with Crippen LogP contribution in [-0.2, 0) is 10.0 Å². The highest BCUT2D eigenvalue weighted by molar-refractivity contribution is 7.92. The minimum Gasteiger partial charge on any atom is -0.497 e. The number of hydrogen-bond donors (Lipinski definition) is 1. The monoisotopic (exact) mass is 410 g/mol. The molecule has 7 nitrogen and oxygen atoms in total. The summed E-state index contributed by atoms with van der Waals surface area (Å²) in [5, 5.41) is 0. The second kappa shape index (κ2) is 7.84. The molecule has 1 aliphatic rings. The first-order valence-electron chi connectivity index (χ1n) is 8.74. The van der Waals surface area contributed by atoms with Crippen LogP contribution in [0.1, 0.15) is 11.1 Å². The van der Waals surface area contributed by atoms with Crippen molar-refractivity contribution in [1.29, 1.82) is 0 Å². The summed E-state index contributed by atoms with van der Waals surface area (Å²) in [4.78, 5) is 4.10. The average molecular weight is 410 g/mol. The number of ether oxygens (including phenoxy) is 3. The topological polar surface area (TPSA) is 86.8 Å². The zero-order valence-electron chi connectivity index (χ0n) is 15.5. The summed E-state index contributed by atoms with van der Waals surface area (Å²) in [5.74, 6) is 1.42. The van der Waals surface area contributed by atoms with E-state index < -0.39 is 10.0 Å². The quantitative estimate of drug-likeness (QED) is 0.665. The van der Waals surface area contributed by atoms with Gasteiger partial charge in [-0.2, -0.15) is 0 Å². The van der Waals surface area contributed by atoms with Gasteiger partial charge in [0.2, 0.25) is 6.79 Å². The highest BCUT2D eigenvalue weighted by atomic mass is 32.2. The molecule has 29 heavy (non-hydrogen) atoms. The SMILES string of the molecule is COc1ccc(S(=O)(=O)Nc2c(C=Cc3ccncc3)ccc3c2OCO3)cc1. The van der Waals surface area contributed by atoms with Crippen molar-refractivity contribution >= 4 is 27.9 Å². The summed E-state index contributed by atoms with van der Waals surface area (Å²) in [5.41, 5.74) is 1.89. The fourth-order valence-electron chi connectivity index (χ4n) is 2.84. The summed E-state index contributed by atoms with van der Waals surface area (Å²) in [6, 6.07) is 13.4. The zero-order valence-corrected chi connectivity index (χ0v) is 16.3. The molecular weight excluding hydrogens is 392 g/mol. The Labute approximate surface area is 168 Å². The first-order chi connectivity index (χ1) is 14.1. The molecule has 148 valence electrons. The van der Waals surface area contributed by atoms with E-state index in [1.165, 1.54) is 19.2 Å². The third-order valence-electron chi connectivity index (χ3n) is 4.34. The smallest absolute Gasteiger partial charge is 0.262 e. The van der Waals surface area contributed by atoms with Crippen molar-refractivity contribution < 1.29 is 22.6 Å². The molecule has 1 aromatic heterocycles. The molecule has 0 aliphatic carbocycles. The maximum atomic E-state index is 12.9. The standard InChI is InChI=1S/C21H18N2O5S/c1-26-17-5-7-18(8-6-17)29(24,25)23-20-16(3-2-15-10-12-22-13-11-15)4-9-19-21(20)28-14-27-19/h2-13,23H,14H2,1H3. The highest BCUT2D eigenvalue weighted by Gasteiger charge is 2.24. The van der Waals surface area contributed by atoms with Gasteiger partial charge in [-0.15, -0.1) is 0 Å². The molecule has 1 N–H and O–H groups in total. The summed E-state index contributed by atoms with van der Waals surface area (Å²) in [6.45, 7) is 0.0319. The van der Waals surface area contributed by atoms with E-state index in [4.69, 9.17) is 14.2 Å². The lowest BCUT2D eigenvalue weighted by Crippen LogP contribution is -2.14. The molecule has 0 radical (unpaired) electrons. The Hall–Kier alpha value is -3.52. The van der Waals surface area contributed by atoms with E-state index in [2.05, 4.69) is 9.71 Å². The minimum absolute atomic E-state index is 0.0319. The second-order valence-corrected chi connectivity index (χ2v) is 7.84. The van der Waals surface area contributed by atoms with E-state index in [0.717, 1.165) is 5.56 Å². The molecule has 0 saturated carbocycles. The van der Waals surface area contributed by atoms with Gasteiger partial charge in [0.05, 0.1) is 12.0 Å². The van der Waals surface area contributed by atoms with Crippen molar-refractivity contribution in [2.75, 3.05) is 18.6 Å². The fourth-order valence-corrected chi connectivity index (χ4v) is 3.93. The third-order valence-corrected chi connectivity index (χ3v) is 5.70. The van der Waals surface area contributed by atoms with E-state index in [1.54, 1.807) is 36.7 Å². The predicted octanol–water partition coefficient (Wildman–Crippen LogP) is 3.79. The van der Waals surface area contributed by atoms with Gasteiger partial charge in [0, 0.05) is 18.0 Å². The molecule has 4 rings (SSSR count). The highest BCUT2D eigenvalue weighted by Crippen LogP contribution is 2.43. The summed E-state index contributed by atoms with van der Waals surface area (Å²) in [6.07, 6.45) is 7.05. The van der Waals surface area contributed by atoms with Gasteiger partial charge in [-0.3, -0.25) is 9.71 Å². The molecule has 2 aromatic carbocycles. The molecule has 2 heterocycles. The molecule has 0 saturated heterocycles. The van der Waals surface area contributed by atoms with Crippen LogP contribution >= 0.6 is 0 Å². The number of hydrogen-bond acceptors (Lipinski definition) is 6. The van der Waals surface area contributed by atoms with E-state index in [-0.39, 0.29) is 11.7 Å². The van der Waals surface area contributed by atoms with Gasteiger partial charge in [0.25, 0.3) is 10.0 Å². The van der Waals surface area contributed by atoms with Gasteiger partial charge < -0.3 is 14.2 Å². The number of pyridine rings is 1. The van der Waals surface area contributed by atoms with Crippen LogP contribution in [0.15, 0.2) is 65.8 Å². The molecule has 3 aromatic rings. The van der Waals surface area contributed by atoms with Crippen molar-refractivity contribution in [3.8, 4) is 17.2 Å². The predicted molar refractivity (Wildman–Crippen MR) is 110 cm³/mol. The zero-order chi connectivity index (χ0) is 20.3. The van der Waals surface area contributed by atoms with Crippen molar-refractivity contribution in [3.63, 3.8) is 0 Å². The van der Waals surface area contributed by atoms with Crippen LogP contribution in [0, 0.1) is 0 Å². The maximum Gasteiger partial charge on any atom is 0.262 e. The van der Waals surface area contributed by atoms with Crippen LogP contribution in [0.4, 0.5) is 5.69 Å². The Morgan fingerprint density at radius 3 is 2.48 bits per heavy atom. The number of rotatable bonds is 6. The van der Waals surface area contributed by atoms with Crippen molar-refractivity contribution in [3.05, 3.63) is 72.1 Å². The number of benzene rings is 2. The van der Waals surface area contributed by atoms with E-state index in [9.17, 15) is 8.42 Å². The summed E-state index contributed by atoms with van der Waals surface area (Å²) >= 11 is 0. The third kappa shape index (κ3) is 4.02. The van der Waals surface area contributed by atoms with Crippen molar-refractivity contribution in [2.24, 2.45) is 0 Å². The Balaban J connectivity index is 1.71. The Morgan fingerprint density at radius 2 is 1.76 bits per heavy atom. The molecule has 0 atom stereocenters. The lowest BCUT2D eigenvalue weighted by Gasteiger charge is -2.13. The first kappa shape index (κ1) is 18.8. The van der Waals surface area contributed by atoms with Gasteiger partial charge in [-0.25, -0.2) is 8.42 Å². The van der Waals surface area contributed by atoms with Crippen LogP contribution in [0.5, 0.6) is 17.2 Å². The summed E-state index contributed by atoms with van der Waals surface area (Å²) in [7, 11) is -2.33. The van der Waals surface area contributed by atoms with Crippen LogP contribution in [0.3, 0.4) is 0 Å². The van der Waals surface area contributed by atoms with Gasteiger partial charge in [0.15, 0.2) is 11.5 Å². The van der Waals surface area contributed by atoms with Crippen LogP contribution < -0.4 is 18.9 Å². The van der Waals surface area contributed by atoms with E-state index >= 15 is 0 Å². The first-order valence-corrected chi connectivity index (χ1v) is 10.2. The van der Waals surface area contributed by atoms with Crippen LogP contribution in [-0.4, -0.2) is 27.3 Å². The number of nitrogens with zero attached hydrogens (tertiary/aromatic N) is 1. The van der Waals surface area contributed by atoms with Crippen molar-refractivity contribution in [1.82, 2.24) is 4.98 Å². The molecule has 1 aliphatic heterocycles. The van der Waals surface area contributed by atoms with Gasteiger partial charge in [0.1, 0.15) is 11.4 Å². The minimum atomic E-state index is -3.85. The van der Waals surface area contributed by atoms with Crippen LogP contribution in [0.25, 0.3) is 12.2 Å². The number of sulfonamides is 1. The molecular formula is C21H18N2O5S. The van der Waals surface area contributed by atoms with Crippen LogP contribution in [0.2, 0.25) is 0 Å². The fraction of sp³-hybridized carbons (Fsp3) is 0.0952. The lowest BCUT2D eigenvalue weighted by atomic mass is 10.1. The maximum absolute atomic E-state index is 12.9. The largest absolute Gasteiger partial charge is 0.497 e. The molecule has 0 spiro atoms. The van der Waals surface area contributed by atoms with Gasteiger partial charge >= 0.3 is 0 Å². The molecule has 0 bridgehead atoms. The molecule has 0 unspecified atom stereocenters. The average Bonchev–Trinajstić information content (AvgIpc) is 3.23. The Bertz CT molecular complexity index is 1140. The van der Waals surface area contributed by atoms with Gasteiger partial charge in [-0.05, 0) is 54.1 Å². The Kier molecular flexibility index (Phi) is 5.09. The Morgan fingerprint density at radius 1 is 1.00 bits per heavy atom. The van der Waals surface area contributed by atoms with E-state index in [1.807, 2.05) is 24.3 Å². The number of aromatic nitrogens is 1. The van der Waals surface area contributed by atoms with E-state index in [0.29, 0.717) is 28.5 Å². The number of fused-ring (bicyclic) bond motifs is 1. The molecule has 0 amide bonds. The normalized spacial score (nSPS) is 12.9. The molecule has 0 fully saturated rings. The lowest BCUT2D eigenvalue weighted by molar-refractivity contribution is 0.174. The number of anilines is 1. The van der Waals surface area contributed by atoms with Gasteiger partial charge in [-0.1, -0.05) is 12.2 Å². The summed E-state index contributed by atoms with van der Waals surface area (Å²) < 4.78 is 44.6. The number of nitrogens with one attached hydrogen (secondary N) is 1. The van der Waals surface area contributed by atoms with Crippen molar-refractivity contribution in [2.45, 2.75) is 4.90 Å². The second-order valence-electron chi connectivity index (χ2n) is 6.16.